The van der Waals surface area contributed by atoms with Crippen molar-refractivity contribution >= 4 is 27.4 Å². The fraction of sp³-hybridized carbons (Fsp3) is 0.154. The molecular weight excluding hydrogens is 298 g/mol. The lowest BCUT2D eigenvalue weighted by molar-refractivity contribution is 0.467. The maximum absolute atomic E-state index is 12.4. The minimum Gasteiger partial charge on any atom is -0.383 e. The van der Waals surface area contributed by atoms with Gasteiger partial charge < -0.3 is 5.73 Å². The van der Waals surface area contributed by atoms with E-state index < -0.39 is 10.0 Å². The molecule has 106 valence electrons. The largest absolute Gasteiger partial charge is 0.383 e. The van der Waals surface area contributed by atoms with Crippen molar-refractivity contribution in [3.63, 3.8) is 0 Å². The summed E-state index contributed by atoms with van der Waals surface area (Å²) in [6.45, 7) is 0.163. The number of pyridine rings is 1. The quantitative estimate of drug-likeness (QED) is 0.938. The van der Waals surface area contributed by atoms with E-state index in [0.29, 0.717) is 5.02 Å². The third-order valence-corrected chi connectivity index (χ3v) is 5.06. The summed E-state index contributed by atoms with van der Waals surface area (Å²) in [6.07, 6.45) is 1.45. The molecule has 1 aromatic carbocycles. The van der Waals surface area contributed by atoms with E-state index >= 15 is 0 Å². The summed E-state index contributed by atoms with van der Waals surface area (Å²) in [4.78, 5) is 3.79. The first-order valence-electron chi connectivity index (χ1n) is 5.83. The number of rotatable bonds is 4. The minimum atomic E-state index is -3.70. The van der Waals surface area contributed by atoms with Crippen molar-refractivity contribution in [2.75, 3.05) is 12.8 Å². The summed E-state index contributed by atoms with van der Waals surface area (Å²) in [5, 5.41) is 0.522. The highest BCUT2D eigenvalue weighted by Crippen LogP contribution is 2.23. The Kier molecular flexibility index (Phi) is 4.27. The second-order valence-corrected chi connectivity index (χ2v) is 6.66. The van der Waals surface area contributed by atoms with Crippen LogP contribution in [0.15, 0.2) is 47.5 Å². The molecule has 0 saturated heterocycles. The number of halogens is 1. The lowest BCUT2D eigenvalue weighted by Crippen LogP contribution is -2.27. The second kappa shape index (κ2) is 5.78. The van der Waals surface area contributed by atoms with Crippen LogP contribution in [0, 0.1) is 0 Å². The third-order valence-electron chi connectivity index (χ3n) is 2.84. The molecule has 0 aliphatic heterocycles. The van der Waals surface area contributed by atoms with Crippen LogP contribution in [0.5, 0.6) is 0 Å². The van der Waals surface area contributed by atoms with E-state index in [1.54, 1.807) is 24.3 Å². The monoisotopic (exact) mass is 311 g/mol. The lowest BCUT2D eigenvalue weighted by atomic mass is 10.2. The predicted molar refractivity (Wildman–Crippen MR) is 78.8 cm³/mol. The van der Waals surface area contributed by atoms with Crippen LogP contribution >= 0.6 is 11.6 Å². The summed E-state index contributed by atoms with van der Waals surface area (Å²) in [6, 6.07) is 10.1. The van der Waals surface area contributed by atoms with E-state index in [2.05, 4.69) is 4.98 Å². The van der Waals surface area contributed by atoms with Gasteiger partial charge in [-0.1, -0.05) is 29.8 Å². The average molecular weight is 312 g/mol. The van der Waals surface area contributed by atoms with Crippen LogP contribution in [0.2, 0.25) is 5.02 Å². The maximum Gasteiger partial charge on any atom is 0.246 e. The van der Waals surface area contributed by atoms with Crippen molar-refractivity contribution in [1.82, 2.24) is 9.29 Å². The molecule has 0 atom stereocenters. The zero-order valence-corrected chi connectivity index (χ0v) is 12.4. The number of aromatic nitrogens is 1. The van der Waals surface area contributed by atoms with Crippen molar-refractivity contribution in [3.8, 4) is 0 Å². The van der Waals surface area contributed by atoms with Crippen molar-refractivity contribution in [2.24, 2.45) is 0 Å². The molecular formula is C13H14ClN3O2S. The first-order chi connectivity index (χ1) is 9.43. The molecule has 0 amide bonds. The summed E-state index contributed by atoms with van der Waals surface area (Å²) < 4.78 is 26.1. The van der Waals surface area contributed by atoms with Crippen molar-refractivity contribution in [3.05, 3.63) is 53.2 Å². The van der Waals surface area contributed by atoms with Crippen LogP contribution in [-0.2, 0) is 16.6 Å². The third kappa shape index (κ3) is 2.92. The molecule has 5 nitrogen and oxygen atoms in total. The fourth-order valence-corrected chi connectivity index (χ4v) is 3.15. The fourth-order valence-electron chi connectivity index (χ4n) is 1.74. The molecule has 0 bridgehead atoms. The van der Waals surface area contributed by atoms with Gasteiger partial charge >= 0.3 is 0 Å². The van der Waals surface area contributed by atoms with Gasteiger partial charge in [-0.05, 0) is 23.8 Å². The van der Waals surface area contributed by atoms with E-state index in [1.165, 1.54) is 29.7 Å². The second-order valence-electron chi connectivity index (χ2n) is 4.24. The normalized spacial score (nSPS) is 11.8. The number of benzene rings is 1. The number of nitrogens with zero attached hydrogens (tertiary/aromatic N) is 2. The van der Waals surface area contributed by atoms with Gasteiger partial charge in [0.15, 0.2) is 0 Å². The Balaban J connectivity index is 2.31. The van der Waals surface area contributed by atoms with Crippen molar-refractivity contribution in [1.29, 1.82) is 0 Å². The minimum absolute atomic E-state index is 0.00504. The van der Waals surface area contributed by atoms with Gasteiger partial charge in [-0.15, -0.1) is 0 Å². The first kappa shape index (κ1) is 14.8. The molecule has 20 heavy (non-hydrogen) atoms. The zero-order valence-electron chi connectivity index (χ0n) is 10.8. The van der Waals surface area contributed by atoms with Crippen LogP contribution < -0.4 is 5.73 Å². The first-order valence-corrected chi connectivity index (χ1v) is 7.65. The number of hydrogen-bond donors (Lipinski definition) is 1. The van der Waals surface area contributed by atoms with E-state index in [0.717, 1.165) is 5.56 Å². The number of anilines is 1. The molecule has 1 heterocycles. The summed E-state index contributed by atoms with van der Waals surface area (Å²) in [7, 11) is -2.22. The van der Waals surface area contributed by atoms with Crippen LogP contribution in [0.1, 0.15) is 5.56 Å². The summed E-state index contributed by atoms with van der Waals surface area (Å²) in [5.41, 5.74) is 6.35. The van der Waals surface area contributed by atoms with Gasteiger partial charge in [0.05, 0.1) is 0 Å². The van der Waals surface area contributed by atoms with Crippen molar-refractivity contribution < 1.29 is 8.42 Å². The molecule has 7 heteroatoms. The predicted octanol–water partition coefficient (Wildman–Crippen LogP) is 2.14. The van der Waals surface area contributed by atoms with Crippen LogP contribution in [-0.4, -0.2) is 24.8 Å². The Bertz CT molecular complexity index is 719. The molecule has 0 unspecified atom stereocenters. The number of nitrogen functional groups attached to an aromatic ring is 1. The number of hydrogen-bond acceptors (Lipinski definition) is 4. The van der Waals surface area contributed by atoms with E-state index in [4.69, 9.17) is 17.3 Å². The Morgan fingerprint density at radius 3 is 2.60 bits per heavy atom. The highest BCUT2D eigenvalue weighted by Gasteiger charge is 2.24. The summed E-state index contributed by atoms with van der Waals surface area (Å²) >= 11 is 6.04. The van der Waals surface area contributed by atoms with Gasteiger partial charge in [0.1, 0.15) is 10.7 Å². The molecule has 1 aromatic heterocycles. The Morgan fingerprint density at radius 1 is 1.25 bits per heavy atom. The van der Waals surface area contributed by atoms with Crippen molar-refractivity contribution in [2.45, 2.75) is 11.4 Å². The Labute approximate surface area is 123 Å². The highest BCUT2D eigenvalue weighted by molar-refractivity contribution is 7.89. The SMILES string of the molecule is CN(Cc1ccccc1Cl)S(=O)(=O)c1cccnc1N. The van der Waals surface area contributed by atoms with Crippen LogP contribution in [0.4, 0.5) is 5.82 Å². The lowest BCUT2D eigenvalue weighted by Gasteiger charge is -2.18. The van der Waals surface area contributed by atoms with Gasteiger partial charge in [0.25, 0.3) is 0 Å². The molecule has 2 aromatic rings. The highest BCUT2D eigenvalue weighted by atomic mass is 35.5. The Morgan fingerprint density at radius 2 is 1.95 bits per heavy atom. The summed E-state index contributed by atoms with van der Waals surface area (Å²) in [5.74, 6) is -0.0153. The molecule has 0 spiro atoms. The van der Waals surface area contributed by atoms with Gasteiger partial charge in [0.2, 0.25) is 10.0 Å². The van der Waals surface area contributed by atoms with Crippen LogP contribution in [0.25, 0.3) is 0 Å². The van der Waals surface area contributed by atoms with Gasteiger partial charge in [-0.25, -0.2) is 13.4 Å². The average Bonchev–Trinajstić information content (AvgIpc) is 2.41. The van der Waals surface area contributed by atoms with E-state index in [1.807, 2.05) is 0 Å². The number of nitrogens with two attached hydrogens (primary N) is 1. The molecule has 0 aliphatic rings. The Hall–Kier alpha value is -1.63. The van der Waals surface area contributed by atoms with Gasteiger partial charge in [-0.3, -0.25) is 0 Å². The molecule has 0 saturated carbocycles. The smallest absolute Gasteiger partial charge is 0.246 e. The zero-order chi connectivity index (χ0) is 14.8. The molecule has 0 fully saturated rings. The molecule has 2 N–H and O–H groups in total. The van der Waals surface area contributed by atoms with Gasteiger partial charge in [0, 0.05) is 24.8 Å². The molecule has 0 aliphatic carbocycles. The van der Waals surface area contributed by atoms with Crippen LogP contribution in [0.3, 0.4) is 0 Å². The number of sulfonamides is 1. The molecule has 2 rings (SSSR count). The van der Waals surface area contributed by atoms with Gasteiger partial charge in [-0.2, -0.15) is 4.31 Å². The topological polar surface area (TPSA) is 76.3 Å². The maximum atomic E-state index is 12.4. The van der Waals surface area contributed by atoms with E-state index in [9.17, 15) is 8.42 Å². The standard InChI is InChI=1S/C13H14ClN3O2S/c1-17(9-10-5-2-3-6-11(10)14)20(18,19)12-7-4-8-16-13(12)15/h2-8H,9H2,1H3,(H2,15,16). The molecule has 0 radical (unpaired) electrons. The van der Waals surface area contributed by atoms with E-state index in [-0.39, 0.29) is 17.3 Å².